The monoisotopic (exact) mass is 364 g/mol. The summed E-state index contributed by atoms with van der Waals surface area (Å²) < 4.78 is 14.2. The molecule has 5 nitrogen and oxygen atoms in total. The van der Waals surface area contributed by atoms with E-state index >= 15 is 0 Å². The summed E-state index contributed by atoms with van der Waals surface area (Å²) in [6.45, 7) is 0. The van der Waals surface area contributed by atoms with Crippen molar-refractivity contribution in [3.63, 3.8) is 0 Å². The minimum absolute atomic E-state index is 0.434. The molecule has 0 saturated heterocycles. The predicted octanol–water partition coefficient (Wildman–Crippen LogP) is 4.25. The van der Waals surface area contributed by atoms with Gasteiger partial charge in [0, 0.05) is 23.5 Å². The largest absolute Gasteiger partial charge is 0.351 e. The predicted molar refractivity (Wildman–Crippen MR) is 101 cm³/mol. The number of nitrogens with zero attached hydrogens (tertiary/aromatic N) is 2. The summed E-state index contributed by atoms with van der Waals surface area (Å²) in [6, 6.07) is 8.00. The molecule has 0 bridgehead atoms. The number of halogens is 1. The van der Waals surface area contributed by atoms with Gasteiger partial charge in [-0.15, -0.1) is 0 Å². The maximum Gasteiger partial charge on any atom is 0.223 e. The van der Waals surface area contributed by atoms with Gasteiger partial charge in [-0.2, -0.15) is 0 Å². The van der Waals surface area contributed by atoms with Crippen molar-refractivity contribution < 1.29 is 4.21 Å². The Morgan fingerprint density at radius 1 is 1.25 bits per heavy atom. The Balaban J connectivity index is 1.84. The normalized spacial score (nSPS) is 16.6. The maximum absolute atomic E-state index is 11.3. The standard InChI is InChI=1S/C17H21ClN4OS/c1-24(23)22-14-9-5-6-12(10-14)16-15(18)11-19-17(21-16)20-13-7-3-2-4-8-13/h5-6,9-11,13,22H,2-4,7-8H2,1H3,(H,19,20,21). The van der Waals surface area contributed by atoms with Gasteiger partial charge in [-0.25, -0.2) is 14.2 Å². The quantitative estimate of drug-likeness (QED) is 0.832. The fourth-order valence-electron chi connectivity index (χ4n) is 2.96. The molecule has 1 unspecified atom stereocenters. The highest BCUT2D eigenvalue weighted by atomic mass is 35.5. The van der Waals surface area contributed by atoms with E-state index < -0.39 is 11.0 Å². The van der Waals surface area contributed by atoms with Gasteiger partial charge in [-0.1, -0.05) is 43.0 Å². The van der Waals surface area contributed by atoms with Gasteiger partial charge in [-0.05, 0) is 25.0 Å². The molecule has 1 saturated carbocycles. The third kappa shape index (κ3) is 4.45. The second-order valence-electron chi connectivity index (χ2n) is 6.01. The van der Waals surface area contributed by atoms with E-state index in [2.05, 4.69) is 20.0 Å². The first-order valence-corrected chi connectivity index (χ1v) is 10.0. The van der Waals surface area contributed by atoms with Gasteiger partial charge in [0.05, 0.1) is 16.9 Å². The lowest BCUT2D eigenvalue weighted by Gasteiger charge is -2.22. The van der Waals surface area contributed by atoms with Crippen LogP contribution >= 0.6 is 11.6 Å². The first kappa shape index (κ1) is 17.2. The van der Waals surface area contributed by atoms with Gasteiger partial charge in [0.2, 0.25) is 5.95 Å². The van der Waals surface area contributed by atoms with Crippen molar-refractivity contribution in [2.24, 2.45) is 0 Å². The molecule has 1 aliphatic carbocycles. The number of benzene rings is 1. The van der Waals surface area contributed by atoms with E-state index in [-0.39, 0.29) is 0 Å². The molecule has 1 aromatic carbocycles. The summed E-state index contributed by atoms with van der Waals surface area (Å²) in [5, 5.41) is 3.92. The molecule has 1 atom stereocenters. The zero-order chi connectivity index (χ0) is 16.9. The van der Waals surface area contributed by atoms with E-state index in [0.717, 1.165) is 24.1 Å². The first-order valence-electron chi connectivity index (χ1n) is 8.11. The maximum atomic E-state index is 11.3. The van der Waals surface area contributed by atoms with Gasteiger partial charge in [0.15, 0.2) is 0 Å². The van der Waals surface area contributed by atoms with E-state index in [0.29, 0.717) is 22.7 Å². The number of hydrogen-bond donors (Lipinski definition) is 2. The topological polar surface area (TPSA) is 66.9 Å². The lowest BCUT2D eigenvalue weighted by Crippen LogP contribution is -2.23. The molecule has 1 aromatic heterocycles. The van der Waals surface area contributed by atoms with Crippen LogP contribution in [0.3, 0.4) is 0 Å². The van der Waals surface area contributed by atoms with Gasteiger partial charge in [0.1, 0.15) is 11.0 Å². The SMILES string of the molecule is CS(=O)Nc1cccc(-c2nc(NC3CCCCC3)ncc2Cl)c1. The molecule has 3 rings (SSSR count). The summed E-state index contributed by atoms with van der Waals surface area (Å²) in [5.41, 5.74) is 2.31. The number of hydrogen-bond acceptors (Lipinski definition) is 4. The van der Waals surface area contributed by atoms with E-state index in [1.807, 2.05) is 24.3 Å². The molecule has 1 aliphatic rings. The van der Waals surface area contributed by atoms with Crippen molar-refractivity contribution in [1.29, 1.82) is 0 Å². The van der Waals surface area contributed by atoms with Crippen molar-refractivity contribution in [2.75, 3.05) is 16.3 Å². The molecule has 0 spiro atoms. The number of anilines is 2. The molecule has 0 aliphatic heterocycles. The molecule has 7 heteroatoms. The molecular formula is C17H21ClN4OS. The summed E-state index contributed by atoms with van der Waals surface area (Å²) in [5.74, 6) is 0.610. The van der Waals surface area contributed by atoms with Gasteiger partial charge < -0.3 is 10.0 Å². The Morgan fingerprint density at radius 2 is 2.04 bits per heavy atom. The fourth-order valence-corrected chi connectivity index (χ4v) is 3.62. The van der Waals surface area contributed by atoms with Crippen LogP contribution in [-0.2, 0) is 11.0 Å². The van der Waals surface area contributed by atoms with Crippen molar-refractivity contribution in [3.05, 3.63) is 35.5 Å². The Bertz CT molecular complexity index is 734. The smallest absolute Gasteiger partial charge is 0.223 e. The molecule has 2 N–H and O–H groups in total. The first-order chi connectivity index (χ1) is 11.6. The molecule has 1 fully saturated rings. The van der Waals surface area contributed by atoms with Crippen molar-refractivity contribution in [1.82, 2.24) is 9.97 Å². The highest BCUT2D eigenvalue weighted by molar-refractivity contribution is 7.85. The minimum atomic E-state index is -1.12. The minimum Gasteiger partial charge on any atom is -0.351 e. The molecule has 128 valence electrons. The zero-order valence-corrected chi connectivity index (χ0v) is 15.2. The van der Waals surface area contributed by atoms with Gasteiger partial charge >= 0.3 is 0 Å². The summed E-state index contributed by atoms with van der Waals surface area (Å²) >= 11 is 6.30. The van der Waals surface area contributed by atoms with Crippen LogP contribution in [0, 0.1) is 0 Å². The van der Waals surface area contributed by atoms with Crippen LogP contribution < -0.4 is 10.0 Å². The van der Waals surface area contributed by atoms with Crippen molar-refractivity contribution in [3.8, 4) is 11.3 Å². The second kappa shape index (κ2) is 7.94. The van der Waals surface area contributed by atoms with E-state index in [1.165, 1.54) is 19.3 Å². The number of rotatable bonds is 5. The molecule has 0 amide bonds. The van der Waals surface area contributed by atoms with E-state index in [4.69, 9.17) is 11.6 Å². The highest BCUT2D eigenvalue weighted by Gasteiger charge is 2.15. The van der Waals surface area contributed by atoms with Crippen LogP contribution in [0.25, 0.3) is 11.3 Å². The Kier molecular flexibility index (Phi) is 5.68. The van der Waals surface area contributed by atoms with Crippen molar-refractivity contribution in [2.45, 2.75) is 38.1 Å². The molecule has 0 radical (unpaired) electrons. The second-order valence-corrected chi connectivity index (χ2v) is 7.53. The summed E-state index contributed by atoms with van der Waals surface area (Å²) in [4.78, 5) is 8.91. The Hall–Kier alpha value is -1.66. The van der Waals surface area contributed by atoms with Crippen LogP contribution in [0.2, 0.25) is 5.02 Å². The average molecular weight is 365 g/mol. The molecule has 1 heterocycles. The molecule has 24 heavy (non-hydrogen) atoms. The third-order valence-electron chi connectivity index (χ3n) is 4.08. The van der Waals surface area contributed by atoms with Gasteiger partial charge in [0.25, 0.3) is 0 Å². The van der Waals surface area contributed by atoms with Crippen molar-refractivity contribution >= 4 is 34.2 Å². The van der Waals surface area contributed by atoms with Gasteiger partial charge in [-0.3, -0.25) is 0 Å². The molecule has 2 aromatic rings. The molecular weight excluding hydrogens is 344 g/mol. The van der Waals surface area contributed by atoms with Crippen LogP contribution in [0.4, 0.5) is 11.6 Å². The highest BCUT2D eigenvalue weighted by Crippen LogP contribution is 2.29. The number of aromatic nitrogens is 2. The van der Waals surface area contributed by atoms with Crippen LogP contribution in [0.1, 0.15) is 32.1 Å². The third-order valence-corrected chi connectivity index (χ3v) is 4.88. The summed E-state index contributed by atoms with van der Waals surface area (Å²) in [6.07, 6.45) is 9.35. The Morgan fingerprint density at radius 3 is 2.79 bits per heavy atom. The Labute approximate surface area is 149 Å². The zero-order valence-electron chi connectivity index (χ0n) is 13.6. The van der Waals surface area contributed by atoms with E-state index in [1.54, 1.807) is 12.5 Å². The van der Waals surface area contributed by atoms with Crippen LogP contribution in [0.15, 0.2) is 30.5 Å². The fraction of sp³-hybridized carbons (Fsp3) is 0.412. The lowest BCUT2D eigenvalue weighted by atomic mass is 9.96. The summed E-state index contributed by atoms with van der Waals surface area (Å²) in [7, 11) is -1.12. The van der Waals surface area contributed by atoms with Crippen LogP contribution in [-0.4, -0.2) is 26.5 Å². The van der Waals surface area contributed by atoms with E-state index in [9.17, 15) is 4.21 Å². The average Bonchev–Trinajstić information content (AvgIpc) is 2.57. The lowest BCUT2D eigenvalue weighted by molar-refractivity contribution is 0.461. The van der Waals surface area contributed by atoms with Crippen LogP contribution in [0.5, 0.6) is 0 Å². The number of nitrogens with one attached hydrogen (secondary N) is 2.